The summed E-state index contributed by atoms with van der Waals surface area (Å²) in [6.07, 6.45) is 0. The minimum Gasteiger partial charge on any atom is -0.481 e. The zero-order valence-corrected chi connectivity index (χ0v) is 16.2. The van der Waals surface area contributed by atoms with Gasteiger partial charge in [-0.05, 0) is 0 Å². The Balaban J connectivity index is 3.87. The lowest BCUT2D eigenvalue weighted by atomic mass is 10.2. The van der Waals surface area contributed by atoms with Crippen LogP contribution in [0.25, 0.3) is 0 Å². The van der Waals surface area contributed by atoms with Crippen LogP contribution in [0.5, 0.6) is 0 Å². The molecular weight excluding hydrogens is 361 g/mol. The van der Waals surface area contributed by atoms with Gasteiger partial charge in [-0.1, -0.05) is 6.92 Å². The molecule has 0 aliphatic carbocycles. The molecule has 0 aliphatic heterocycles. The molecule has 0 aromatic rings. The molecule has 0 aliphatic rings. The SMILES string of the molecule is CC(CSCC(=O)O)C(=O)OCCOP(=O)(O)OCC[N+](C)(C)C. The van der Waals surface area contributed by atoms with E-state index in [1.807, 2.05) is 21.1 Å². The summed E-state index contributed by atoms with van der Waals surface area (Å²) in [6, 6.07) is 0. The molecule has 0 heterocycles. The van der Waals surface area contributed by atoms with Crippen LogP contribution in [-0.4, -0.2) is 85.4 Å². The minimum atomic E-state index is -4.16. The van der Waals surface area contributed by atoms with Crippen LogP contribution < -0.4 is 0 Å². The number of likely N-dealkylation sites (N-methyl/N-ethyl adjacent to an activating group) is 1. The van der Waals surface area contributed by atoms with Gasteiger partial charge in [0.1, 0.15) is 19.8 Å². The van der Waals surface area contributed by atoms with Crippen molar-refractivity contribution >= 4 is 31.5 Å². The van der Waals surface area contributed by atoms with E-state index in [0.717, 1.165) is 11.8 Å². The Bertz CT molecular complexity index is 454. The van der Waals surface area contributed by atoms with E-state index in [1.54, 1.807) is 6.92 Å². The van der Waals surface area contributed by atoms with Crippen molar-refractivity contribution in [3.05, 3.63) is 0 Å². The zero-order valence-electron chi connectivity index (χ0n) is 14.5. The summed E-state index contributed by atoms with van der Waals surface area (Å²) in [5.74, 6) is -1.71. The molecule has 0 saturated heterocycles. The first kappa shape index (κ1) is 23.4. The molecule has 0 aromatic carbocycles. The molecule has 0 aromatic heterocycles. The van der Waals surface area contributed by atoms with Crippen molar-refractivity contribution in [2.75, 3.05) is 59.0 Å². The van der Waals surface area contributed by atoms with Crippen molar-refractivity contribution in [2.24, 2.45) is 5.92 Å². The van der Waals surface area contributed by atoms with Crippen LogP contribution >= 0.6 is 19.6 Å². The van der Waals surface area contributed by atoms with Crippen molar-refractivity contribution < 1.29 is 42.4 Å². The Morgan fingerprint density at radius 3 is 2.29 bits per heavy atom. The second-order valence-electron chi connectivity index (χ2n) is 6.13. The fourth-order valence-corrected chi connectivity index (χ4v) is 2.77. The van der Waals surface area contributed by atoms with Crippen LogP contribution in [0.3, 0.4) is 0 Å². The number of nitrogens with zero attached hydrogens (tertiary/aromatic N) is 1. The maximum atomic E-state index is 11.6. The summed E-state index contributed by atoms with van der Waals surface area (Å²) in [6.45, 7) is 1.76. The smallest absolute Gasteiger partial charge is 0.472 e. The molecule has 11 heteroatoms. The van der Waals surface area contributed by atoms with E-state index < -0.39 is 25.7 Å². The highest BCUT2D eigenvalue weighted by Crippen LogP contribution is 2.42. The molecule has 0 bridgehead atoms. The molecule has 0 rings (SSSR count). The topological polar surface area (TPSA) is 119 Å². The van der Waals surface area contributed by atoms with Crippen molar-refractivity contribution in [3.8, 4) is 0 Å². The molecule has 2 atom stereocenters. The first-order valence-electron chi connectivity index (χ1n) is 7.31. The normalized spacial score (nSPS) is 15.5. The van der Waals surface area contributed by atoms with Crippen LogP contribution in [0.15, 0.2) is 0 Å². The van der Waals surface area contributed by atoms with Crippen LogP contribution in [0.4, 0.5) is 0 Å². The highest BCUT2D eigenvalue weighted by molar-refractivity contribution is 7.99. The molecule has 0 amide bonds. The summed E-state index contributed by atoms with van der Waals surface area (Å²) in [4.78, 5) is 31.4. The molecule has 142 valence electrons. The van der Waals surface area contributed by atoms with Gasteiger partial charge in [-0.15, -0.1) is 11.8 Å². The summed E-state index contributed by atoms with van der Waals surface area (Å²) < 4.78 is 26.6. The van der Waals surface area contributed by atoms with E-state index in [1.165, 1.54) is 0 Å². The summed E-state index contributed by atoms with van der Waals surface area (Å²) in [5.41, 5.74) is 0. The molecule has 0 spiro atoms. The second kappa shape index (κ2) is 11.1. The van der Waals surface area contributed by atoms with Gasteiger partial charge in [0.2, 0.25) is 0 Å². The quantitative estimate of drug-likeness (QED) is 0.204. The van der Waals surface area contributed by atoms with Crippen LogP contribution in [0, 0.1) is 5.92 Å². The number of thioether (sulfide) groups is 1. The van der Waals surface area contributed by atoms with Gasteiger partial charge in [0, 0.05) is 5.75 Å². The molecule has 0 radical (unpaired) electrons. The average Bonchev–Trinajstić information content (AvgIpc) is 2.41. The highest BCUT2D eigenvalue weighted by atomic mass is 32.2. The number of hydrogen-bond donors (Lipinski definition) is 2. The van der Waals surface area contributed by atoms with E-state index in [9.17, 15) is 19.0 Å². The van der Waals surface area contributed by atoms with Crippen molar-refractivity contribution in [2.45, 2.75) is 6.92 Å². The highest BCUT2D eigenvalue weighted by Gasteiger charge is 2.23. The van der Waals surface area contributed by atoms with E-state index >= 15 is 0 Å². The Kier molecular flexibility index (Phi) is 10.8. The van der Waals surface area contributed by atoms with E-state index in [0.29, 0.717) is 16.8 Å². The molecule has 9 nitrogen and oxygen atoms in total. The number of phosphoric ester groups is 1. The van der Waals surface area contributed by atoms with E-state index in [4.69, 9.17) is 18.9 Å². The van der Waals surface area contributed by atoms with E-state index in [-0.39, 0.29) is 25.6 Å². The number of hydrogen-bond acceptors (Lipinski definition) is 7. The van der Waals surface area contributed by atoms with Gasteiger partial charge in [-0.2, -0.15) is 0 Å². The number of carboxylic acids is 1. The Morgan fingerprint density at radius 1 is 1.17 bits per heavy atom. The van der Waals surface area contributed by atoms with Crippen LogP contribution in [0.1, 0.15) is 6.92 Å². The van der Waals surface area contributed by atoms with Crippen molar-refractivity contribution in [3.63, 3.8) is 0 Å². The summed E-state index contributed by atoms with van der Waals surface area (Å²) in [7, 11) is 1.59. The van der Waals surface area contributed by atoms with Gasteiger partial charge in [0.15, 0.2) is 0 Å². The fourth-order valence-electron chi connectivity index (χ4n) is 1.30. The zero-order chi connectivity index (χ0) is 18.8. The van der Waals surface area contributed by atoms with Crippen LogP contribution in [-0.2, 0) is 27.9 Å². The summed E-state index contributed by atoms with van der Waals surface area (Å²) >= 11 is 1.11. The lowest BCUT2D eigenvalue weighted by Crippen LogP contribution is -2.37. The van der Waals surface area contributed by atoms with Crippen molar-refractivity contribution in [1.29, 1.82) is 0 Å². The first-order chi connectivity index (χ1) is 10.9. The molecule has 24 heavy (non-hydrogen) atoms. The third kappa shape index (κ3) is 13.8. The van der Waals surface area contributed by atoms with E-state index in [2.05, 4.69) is 0 Å². The van der Waals surface area contributed by atoms with Gasteiger partial charge in [-0.3, -0.25) is 18.6 Å². The van der Waals surface area contributed by atoms with Gasteiger partial charge in [0.25, 0.3) is 0 Å². The third-order valence-electron chi connectivity index (χ3n) is 2.59. The summed E-state index contributed by atoms with van der Waals surface area (Å²) in [5, 5.41) is 8.50. The molecule has 2 unspecified atom stereocenters. The fraction of sp³-hybridized carbons (Fsp3) is 0.846. The number of carboxylic acid groups (broad SMARTS) is 1. The van der Waals surface area contributed by atoms with Gasteiger partial charge >= 0.3 is 19.8 Å². The maximum Gasteiger partial charge on any atom is 0.472 e. The Hall–Kier alpha value is -0.640. The average molecular weight is 388 g/mol. The van der Waals surface area contributed by atoms with Gasteiger partial charge < -0.3 is 19.2 Å². The standard InChI is InChI=1S/C13H26NO8PS/c1-11(9-24-10-12(15)16)13(17)20-7-8-22-23(18,19)21-6-5-14(2,3)4/h11H,5-10H2,1-4H3,(H-,15,16,18,19)/p+1. The molecule has 2 N–H and O–H groups in total. The largest absolute Gasteiger partial charge is 0.481 e. The van der Waals surface area contributed by atoms with Crippen molar-refractivity contribution in [1.82, 2.24) is 0 Å². The lowest BCUT2D eigenvalue weighted by Gasteiger charge is -2.24. The second-order valence-corrected chi connectivity index (χ2v) is 8.61. The number of phosphoric acid groups is 1. The number of aliphatic carboxylic acids is 1. The van der Waals surface area contributed by atoms with Gasteiger partial charge in [0.05, 0.1) is 39.4 Å². The first-order valence-corrected chi connectivity index (χ1v) is 9.96. The number of ether oxygens (including phenoxy) is 1. The van der Waals surface area contributed by atoms with Crippen LogP contribution in [0.2, 0.25) is 0 Å². The monoisotopic (exact) mass is 388 g/mol. The number of quaternary nitrogens is 1. The predicted octanol–water partition coefficient (Wildman–Crippen LogP) is 0.823. The number of rotatable bonds is 13. The Labute approximate surface area is 146 Å². The number of esters is 1. The Morgan fingerprint density at radius 2 is 1.75 bits per heavy atom. The van der Waals surface area contributed by atoms with Gasteiger partial charge in [-0.25, -0.2) is 4.57 Å². The maximum absolute atomic E-state index is 11.6. The molecule has 0 saturated carbocycles. The number of carbonyl (C=O) groups excluding carboxylic acids is 1. The molecular formula is C13H27NO8PS+. The lowest BCUT2D eigenvalue weighted by molar-refractivity contribution is -0.870. The third-order valence-corrected chi connectivity index (χ3v) is 4.80. The predicted molar refractivity (Wildman–Crippen MR) is 89.7 cm³/mol. The minimum absolute atomic E-state index is 0.0644. The molecule has 0 fully saturated rings. The number of carbonyl (C=O) groups is 2.